The summed E-state index contributed by atoms with van der Waals surface area (Å²) in [5, 5.41) is 12.0. The van der Waals surface area contributed by atoms with Crippen LogP contribution in [0.5, 0.6) is 0 Å². The molecule has 4 nitrogen and oxygen atoms in total. The Hall–Kier alpha value is -2.10. The van der Waals surface area contributed by atoms with Crippen molar-refractivity contribution in [2.24, 2.45) is 7.05 Å². The van der Waals surface area contributed by atoms with Crippen molar-refractivity contribution in [2.45, 2.75) is 0 Å². The fourth-order valence-electron chi connectivity index (χ4n) is 1.53. The van der Waals surface area contributed by atoms with E-state index in [0.717, 1.165) is 11.3 Å². The van der Waals surface area contributed by atoms with Crippen LogP contribution in [-0.4, -0.2) is 22.8 Å². The van der Waals surface area contributed by atoms with Crippen molar-refractivity contribution < 1.29 is 4.74 Å². The van der Waals surface area contributed by atoms with E-state index in [2.05, 4.69) is 5.10 Å². The van der Waals surface area contributed by atoms with Gasteiger partial charge in [-0.25, -0.2) is 0 Å². The minimum Gasteiger partial charge on any atom is -0.480 e. The molecule has 0 unspecified atom stereocenters. The Balaban J connectivity index is 2.42. The summed E-state index contributed by atoms with van der Waals surface area (Å²) in [7, 11) is 3.28. The first kappa shape index (κ1) is 10.4. The lowest BCUT2D eigenvalue weighted by Crippen LogP contribution is -2.07. The van der Waals surface area contributed by atoms with E-state index in [1.165, 1.54) is 7.11 Å². The van der Waals surface area contributed by atoms with Crippen molar-refractivity contribution >= 4 is 5.90 Å². The third kappa shape index (κ3) is 1.82. The molecule has 0 radical (unpaired) electrons. The largest absolute Gasteiger partial charge is 0.480 e. The lowest BCUT2D eigenvalue weighted by molar-refractivity contribution is 0.397. The fraction of sp³-hybridized carbons (Fsp3) is 0.167. The van der Waals surface area contributed by atoms with E-state index >= 15 is 0 Å². The van der Waals surface area contributed by atoms with Crippen LogP contribution in [0.2, 0.25) is 0 Å². The van der Waals surface area contributed by atoms with Crippen molar-refractivity contribution in [3.05, 3.63) is 42.1 Å². The molecule has 0 atom stereocenters. The van der Waals surface area contributed by atoms with Crippen molar-refractivity contribution in [3.8, 4) is 11.3 Å². The molecule has 1 heterocycles. The molecule has 16 heavy (non-hydrogen) atoms. The fourth-order valence-corrected chi connectivity index (χ4v) is 1.53. The van der Waals surface area contributed by atoms with Gasteiger partial charge in [0.2, 0.25) is 5.90 Å². The van der Waals surface area contributed by atoms with Gasteiger partial charge < -0.3 is 4.74 Å². The second-order valence-electron chi connectivity index (χ2n) is 3.44. The molecule has 0 amide bonds. The SMILES string of the molecule is COC(=N)c1cc(-c2ccccc2)nn1C. The van der Waals surface area contributed by atoms with Gasteiger partial charge in [-0.15, -0.1) is 0 Å². The number of hydrogen-bond donors (Lipinski definition) is 1. The molecule has 0 aliphatic rings. The van der Waals surface area contributed by atoms with Crippen LogP contribution in [0, 0.1) is 5.41 Å². The molecule has 1 N–H and O–H groups in total. The first-order chi connectivity index (χ1) is 7.72. The highest BCUT2D eigenvalue weighted by Crippen LogP contribution is 2.18. The standard InChI is InChI=1S/C12H13N3O/c1-15-11(12(13)16-2)8-10(14-15)9-6-4-3-5-7-9/h3-8,13H,1-2H3. The molecule has 2 aromatic rings. The molecular formula is C12H13N3O. The zero-order valence-electron chi connectivity index (χ0n) is 9.27. The topological polar surface area (TPSA) is 50.9 Å². The van der Waals surface area contributed by atoms with Crippen molar-refractivity contribution in [3.63, 3.8) is 0 Å². The maximum Gasteiger partial charge on any atom is 0.231 e. The van der Waals surface area contributed by atoms with Gasteiger partial charge in [-0.2, -0.15) is 5.10 Å². The molecule has 0 bridgehead atoms. The van der Waals surface area contributed by atoms with Gasteiger partial charge in [0.05, 0.1) is 12.8 Å². The number of methoxy groups -OCH3 is 1. The number of aryl methyl sites for hydroxylation is 1. The predicted molar refractivity (Wildman–Crippen MR) is 62.5 cm³/mol. The summed E-state index contributed by atoms with van der Waals surface area (Å²) >= 11 is 0. The highest BCUT2D eigenvalue weighted by atomic mass is 16.5. The van der Waals surface area contributed by atoms with E-state index in [0.29, 0.717) is 5.69 Å². The number of benzene rings is 1. The second-order valence-corrected chi connectivity index (χ2v) is 3.44. The van der Waals surface area contributed by atoms with Crippen LogP contribution in [0.3, 0.4) is 0 Å². The summed E-state index contributed by atoms with van der Waals surface area (Å²) in [6.45, 7) is 0. The average molecular weight is 215 g/mol. The normalized spacial score (nSPS) is 10.1. The zero-order chi connectivity index (χ0) is 11.5. The molecule has 0 saturated carbocycles. The van der Waals surface area contributed by atoms with Crippen LogP contribution in [0.1, 0.15) is 5.69 Å². The van der Waals surface area contributed by atoms with Crippen LogP contribution < -0.4 is 0 Å². The van der Waals surface area contributed by atoms with E-state index < -0.39 is 0 Å². The third-order valence-electron chi connectivity index (χ3n) is 2.39. The van der Waals surface area contributed by atoms with Crippen LogP contribution in [0.4, 0.5) is 0 Å². The first-order valence-electron chi connectivity index (χ1n) is 4.94. The van der Waals surface area contributed by atoms with E-state index in [1.807, 2.05) is 36.4 Å². The minimum absolute atomic E-state index is 0.122. The molecule has 1 aromatic heterocycles. The summed E-state index contributed by atoms with van der Waals surface area (Å²) in [6.07, 6.45) is 0. The molecule has 82 valence electrons. The van der Waals surface area contributed by atoms with Crippen LogP contribution in [-0.2, 0) is 11.8 Å². The number of nitrogens with one attached hydrogen (secondary N) is 1. The van der Waals surface area contributed by atoms with Crippen molar-refractivity contribution in [2.75, 3.05) is 7.11 Å². The van der Waals surface area contributed by atoms with Gasteiger partial charge in [0.1, 0.15) is 5.69 Å². The number of aromatic nitrogens is 2. The Morgan fingerprint density at radius 3 is 2.62 bits per heavy atom. The van der Waals surface area contributed by atoms with Gasteiger partial charge >= 0.3 is 0 Å². The van der Waals surface area contributed by atoms with E-state index in [9.17, 15) is 0 Å². The molecule has 0 aliphatic carbocycles. The Kier molecular flexibility index (Phi) is 2.72. The summed E-state index contributed by atoms with van der Waals surface area (Å²) in [4.78, 5) is 0. The Bertz CT molecular complexity index is 502. The molecule has 0 spiro atoms. The smallest absolute Gasteiger partial charge is 0.231 e. The first-order valence-corrected chi connectivity index (χ1v) is 4.94. The average Bonchev–Trinajstić information content (AvgIpc) is 2.71. The van der Waals surface area contributed by atoms with Crippen molar-refractivity contribution in [1.29, 1.82) is 5.41 Å². The van der Waals surface area contributed by atoms with E-state index in [1.54, 1.807) is 11.7 Å². The Morgan fingerprint density at radius 1 is 1.31 bits per heavy atom. The molecule has 2 rings (SSSR count). The number of rotatable bonds is 2. The highest BCUT2D eigenvalue weighted by molar-refractivity contribution is 5.91. The molecule has 0 saturated heterocycles. The lowest BCUT2D eigenvalue weighted by atomic mass is 10.1. The maximum atomic E-state index is 7.61. The third-order valence-corrected chi connectivity index (χ3v) is 2.39. The van der Waals surface area contributed by atoms with Gasteiger partial charge in [0.15, 0.2) is 0 Å². The molecular weight excluding hydrogens is 202 g/mol. The number of ether oxygens (including phenoxy) is 1. The predicted octanol–water partition coefficient (Wildman–Crippen LogP) is 2.06. The van der Waals surface area contributed by atoms with Crippen molar-refractivity contribution in [1.82, 2.24) is 9.78 Å². The molecule has 0 fully saturated rings. The van der Waals surface area contributed by atoms with E-state index in [-0.39, 0.29) is 5.90 Å². The van der Waals surface area contributed by atoms with E-state index in [4.69, 9.17) is 10.1 Å². The number of hydrogen-bond acceptors (Lipinski definition) is 3. The maximum absolute atomic E-state index is 7.61. The lowest BCUT2D eigenvalue weighted by Gasteiger charge is -2.00. The summed E-state index contributed by atoms with van der Waals surface area (Å²) in [5.41, 5.74) is 2.55. The second kappa shape index (κ2) is 4.18. The Labute approximate surface area is 94.0 Å². The molecule has 1 aromatic carbocycles. The van der Waals surface area contributed by atoms with Crippen LogP contribution in [0.15, 0.2) is 36.4 Å². The number of nitrogens with zero attached hydrogens (tertiary/aromatic N) is 2. The summed E-state index contributed by atoms with van der Waals surface area (Å²) in [6, 6.07) is 11.7. The Morgan fingerprint density at radius 2 is 2.00 bits per heavy atom. The van der Waals surface area contributed by atoms with Gasteiger partial charge in [-0.05, 0) is 6.07 Å². The van der Waals surface area contributed by atoms with Gasteiger partial charge in [-0.3, -0.25) is 10.1 Å². The molecule has 0 aliphatic heterocycles. The monoisotopic (exact) mass is 215 g/mol. The van der Waals surface area contributed by atoms with Crippen LogP contribution in [0.25, 0.3) is 11.3 Å². The zero-order valence-corrected chi connectivity index (χ0v) is 9.27. The minimum atomic E-state index is 0.122. The van der Waals surface area contributed by atoms with Gasteiger partial charge in [0.25, 0.3) is 0 Å². The molecule has 4 heteroatoms. The summed E-state index contributed by atoms with van der Waals surface area (Å²) in [5.74, 6) is 0.122. The van der Waals surface area contributed by atoms with Gasteiger partial charge in [-0.1, -0.05) is 30.3 Å². The van der Waals surface area contributed by atoms with Gasteiger partial charge in [0, 0.05) is 12.6 Å². The van der Waals surface area contributed by atoms with Crippen LogP contribution >= 0.6 is 0 Å². The quantitative estimate of drug-likeness (QED) is 0.615. The highest BCUT2D eigenvalue weighted by Gasteiger charge is 2.10. The summed E-state index contributed by atoms with van der Waals surface area (Å²) < 4.78 is 6.54.